The molecule has 164 valence electrons. The molecule has 0 aliphatic carbocycles. The van der Waals surface area contributed by atoms with Crippen molar-refractivity contribution < 1.29 is 24.1 Å². The van der Waals surface area contributed by atoms with E-state index in [9.17, 15) is 9.90 Å². The third kappa shape index (κ3) is 8.65. The van der Waals surface area contributed by atoms with Crippen LogP contribution in [0, 0.1) is 6.92 Å². The van der Waals surface area contributed by atoms with Crippen molar-refractivity contribution in [2.45, 2.75) is 40.2 Å². The van der Waals surface area contributed by atoms with Gasteiger partial charge in [0.1, 0.15) is 35.7 Å². The molecule has 2 aromatic rings. The number of benzene rings is 1. The van der Waals surface area contributed by atoms with Crippen LogP contribution in [0.25, 0.3) is 0 Å². The zero-order valence-corrected chi connectivity index (χ0v) is 18.9. The minimum Gasteiger partial charge on any atom is -0.503 e. The van der Waals surface area contributed by atoms with Gasteiger partial charge in [0.25, 0.3) is 0 Å². The summed E-state index contributed by atoms with van der Waals surface area (Å²) in [6.45, 7) is 7.99. The fourth-order valence-corrected chi connectivity index (χ4v) is 2.37. The highest BCUT2D eigenvalue weighted by Crippen LogP contribution is 2.27. The van der Waals surface area contributed by atoms with Crippen LogP contribution in [0.1, 0.15) is 38.4 Å². The van der Waals surface area contributed by atoms with Gasteiger partial charge in [-0.1, -0.05) is 50.2 Å². The van der Waals surface area contributed by atoms with Crippen molar-refractivity contribution in [3.05, 3.63) is 47.8 Å². The number of ether oxygens (including phenoxy) is 3. The maximum Gasteiger partial charge on any atom is 0.325 e. The zero-order chi connectivity index (χ0) is 22.5. The monoisotopic (exact) mass is 434 g/mol. The second-order valence-corrected chi connectivity index (χ2v) is 6.93. The molecule has 0 bridgehead atoms. The summed E-state index contributed by atoms with van der Waals surface area (Å²) in [5, 5.41) is 12.7. The maximum atomic E-state index is 11.9. The number of pyridine rings is 1. The molecule has 2 N–H and O–H groups in total. The number of rotatable bonds is 8. The van der Waals surface area contributed by atoms with Crippen LogP contribution in [0.4, 0.5) is 0 Å². The highest BCUT2D eigenvalue weighted by Gasteiger charge is 2.15. The summed E-state index contributed by atoms with van der Waals surface area (Å²) in [5.74, 6) is 0.266. The van der Waals surface area contributed by atoms with Gasteiger partial charge in [0.15, 0.2) is 11.5 Å². The van der Waals surface area contributed by atoms with Gasteiger partial charge in [-0.15, -0.1) is 0 Å². The van der Waals surface area contributed by atoms with Crippen molar-refractivity contribution in [2.24, 2.45) is 0 Å². The number of nitrogens with one attached hydrogen (secondary N) is 1. The Morgan fingerprint density at radius 2 is 1.87 bits per heavy atom. The van der Waals surface area contributed by atoms with Crippen LogP contribution in [0.5, 0.6) is 17.2 Å². The van der Waals surface area contributed by atoms with Gasteiger partial charge in [-0.3, -0.25) is 4.79 Å². The fourth-order valence-electron chi connectivity index (χ4n) is 2.15. The predicted molar refractivity (Wildman–Crippen MR) is 120 cm³/mol. The van der Waals surface area contributed by atoms with E-state index in [1.807, 2.05) is 38.1 Å². The summed E-state index contributed by atoms with van der Waals surface area (Å²) < 4.78 is 15.8. The van der Waals surface area contributed by atoms with E-state index in [1.165, 1.54) is 25.8 Å². The third-order valence-electron chi connectivity index (χ3n) is 3.55. The molecular weight excluding hydrogens is 404 g/mol. The van der Waals surface area contributed by atoms with Crippen molar-refractivity contribution in [1.29, 1.82) is 0 Å². The molecule has 30 heavy (non-hydrogen) atoms. The lowest BCUT2D eigenvalue weighted by atomic mass is 10.2. The normalized spacial score (nSPS) is 10.8. The van der Waals surface area contributed by atoms with Gasteiger partial charge < -0.3 is 24.6 Å². The molecule has 1 heterocycles. The van der Waals surface area contributed by atoms with Gasteiger partial charge in [0, 0.05) is 12.3 Å². The Morgan fingerprint density at radius 1 is 1.23 bits per heavy atom. The highest BCUT2D eigenvalue weighted by atomic mass is 32.1. The quantitative estimate of drug-likeness (QED) is 0.479. The number of aryl methyl sites for hydroxylation is 1. The first-order valence-electron chi connectivity index (χ1n) is 9.71. The number of carbonyl (C=O) groups excluding carboxylic acids is 1. The fraction of sp³-hybridized carbons (Fsp3) is 0.409. The van der Waals surface area contributed by atoms with E-state index in [0.717, 1.165) is 5.56 Å². The molecule has 1 atom stereocenters. The molecule has 2 rings (SSSR count). The van der Waals surface area contributed by atoms with Crippen LogP contribution in [-0.2, 0) is 9.53 Å². The Labute approximate surface area is 183 Å². The van der Waals surface area contributed by atoms with E-state index in [0.29, 0.717) is 5.75 Å². The van der Waals surface area contributed by atoms with E-state index >= 15 is 0 Å². The largest absolute Gasteiger partial charge is 0.503 e. The van der Waals surface area contributed by atoms with Crippen molar-refractivity contribution in [2.75, 3.05) is 20.3 Å². The van der Waals surface area contributed by atoms with Crippen LogP contribution in [0.15, 0.2) is 36.5 Å². The van der Waals surface area contributed by atoms with Crippen molar-refractivity contribution in [3.63, 3.8) is 0 Å². The Morgan fingerprint density at radius 3 is 2.47 bits per heavy atom. The summed E-state index contributed by atoms with van der Waals surface area (Å²) >= 11 is 5.15. The Kier molecular flexibility index (Phi) is 11.2. The maximum absolute atomic E-state index is 11.9. The number of aromatic hydroxyl groups is 1. The van der Waals surface area contributed by atoms with Crippen LogP contribution >= 0.6 is 12.2 Å². The van der Waals surface area contributed by atoms with Crippen molar-refractivity contribution >= 4 is 23.2 Å². The molecule has 0 aliphatic heterocycles. The summed E-state index contributed by atoms with van der Waals surface area (Å²) in [6.07, 6.45) is 2.40. The minimum absolute atomic E-state index is 0.101. The van der Waals surface area contributed by atoms with E-state index < -0.39 is 5.97 Å². The molecule has 8 heteroatoms. The number of thiocarbonyl (C=S) groups is 1. The number of carbonyl (C=O) groups is 1. The van der Waals surface area contributed by atoms with Gasteiger partial charge >= 0.3 is 5.97 Å². The van der Waals surface area contributed by atoms with Crippen LogP contribution < -0.4 is 14.8 Å². The number of aromatic nitrogens is 1. The minimum atomic E-state index is -0.501. The lowest BCUT2D eigenvalue weighted by Crippen LogP contribution is -2.32. The molecule has 0 spiro atoms. The van der Waals surface area contributed by atoms with Crippen LogP contribution in [0.2, 0.25) is 0 Å². The molecule has 7 nitrogen and oxygen atoms in total. The van der Waals surface area contributed by atoms with Gasteiger partial charge in [-0.2, -0.15) is 0 Å². The van der Waals surface area contributed by atoms with E-state index in [-0.39, 0.29) is 41.4 Å². The number of hydrogen-bond donors (Lipinski definition) is 2. The van der Waals surface area contributed by atoms with Gasteiger partial charge in [0.05, 0.1) is 7.11 Å². The van der Waals surface area contributed by atoms with Crippen LogP contribution in [-0.4, -0.2) is 47.4 Å². The Balaban J connectivity index is 0.00000141. The van der Waals surface area contributed by atoms with Gasteiger partial charge in [-0.05, 0) is 26.0 Å². The molecule has 0 saturated heterocycles. The molecule has 0 amide bonds. The average molecular weight is 435 g/mol. The number of hydrogen-bond acceptors (Lipinski definition) is 7. The second-order valence-electron chi connectivity index (χ2n) is 6.52. The zero-order valence-electron chi connectivity index (χ0n) is 18.1. The highest BCUT2D eigenvalue weighted by molar-refractivity contribution is 7.80. The molecule has 0 fully saturated rings. The van der Waals surface area contributed by atoms with E-state index in [2.05, 4.69) is 24.1 Å². The smallest absolute Gasteiger partial charge is 0.325 e. The van der Waals surface area contributed by atoms with Gasteiger partial charge in [-0.25, -0.2) is 4.98 Å². The standard InChI is InChI=1S/C19H22N2O5S.C3H8/c1-12-4-6-14(7-5-12)26-13(2)11-25-16(22)10-21-19(27)17-18(23)15(24-3)8-9-20-17;1-3-2/h4-9,13,23H,10-11H2,1-3H3,(H,21,27);3H2,1-2H3/t13-;/m0./s1. The molecule has 1 aromatic carbocycles. The average Bonchev–Trinajstić information content (AvgIpc) is 2.73. The second kappa shape index (κ2) is 13.4. The summed E-state index contributed by atoms with van der Waals surface area (Å²) in [5.41, 5.74) is 1.27. The molecule has 1 aromatic heterocycles. The SMILES string of the molecule is CCC.COc1ccnc(C(=S)NCC(=O)OC[C@H](C)Oc2ccc(C)cc2)c1O. The first-order chi connectivity index (χ1) is 14.3. The molecule has 0 saturated carbocycles. The predicted octanol–water partition coefficient (Wildman–Crippen LogP) is 3.80. The number of methoxy groups -OCH3 is 1. The summed E-state index contributed by atoms with van der Waals surface area (Å²) in [4.78, 5) is 16.0. The number of esters is 1. The first-order valence-corrected chi connectivity index (χ1v) is 10.1. The lowest BCUT2D eigenvalue weighted by molar-refractivity contribution is -0.144. The summed E-state index contributed by atoms with van der Waals surface area (Å²) in [7, 11) is 1.42. The number of nitrogens with zero attached hydrogens (tertiary/aromatic N) is 1. The summed E-state index contributed by atoms with van der Waals surface area (Å²) in [6, 6.07) is 9.12. The first kappa shape index (κ1) is 25.2. The Hall–Kier alpha value is -2.87. The van der Waals surface area contributed by atoms with E-state index in [4.69, 9.17) is 26.4 Å². The Bertz CT molecular complexity index is 812. The lowest BCUT2D eigenvalue weighted by Gasteiger charge is -2.15. The van der Waals surface area contributed by atoms with Crippen molar-refractivity contribution in [1.82, 2.24) is 10.3 Å². The molecule has 0 unspecified atom stereocenters. The van der Waals surface area contributed by atoms with E-state index in [1.54, 1.807) is 0 Å². The van der Waals surface area contributed by atoms with Crippen molar-refractivity contribution in [3.8, 4) is 17.2 Å². The third-order valence-corrected chi connectivity index (χ3v) is 3.89. The topological polar surface area (TPSA) is 89.9 Å². The van der Waals surface area contributed by atoms with Crippen LogP contribution in [0.3, 0.4) is 0 Å². The molecule has 0 aliphatic rings. The molecular formula is C22H30N2O5S. The molecule has 0 radical (unpaired) electrons. The van der Waals surface area contributed by atoms with Gasteiger partial charge in [0.2, 0.25) is 0 Å².